The number of carbonyl (C=O) groups is 3. The number of ether oxygens (including phenoxy) is 1. The van der Waals surface area contributed by atoms with Crippen molar-refractivity contribution >= 4 is 17.9 Å². The number of nitrogens with zero attached hydrogens (tertiary/aromatic N) is 2. The van der Waals surface area contributed by atoms with Crippen LogP contribution in [0.5, 0.6) is 0 Å². The molecule has 0 aromatic heterocycles. The van der Waals surface area contributed by atoms with Gasteiger partial charge in [-0.05, 0) is 6.92 Å². The van der Waals surface area contributed by atoms with Crippen LogP contribution in [0, 0.1) is 0 Å². The SMILES string of the molecule is CCOC(=O)C1C(=O)N(C)C(=O)N1C. The molecule has 1 unspecified atom stereocenters. The Morgan fingerprint density at radius 2 is 2.00 bits per heavy atom. The second-order valence-electron chi connectivity index (χ2n) is 2.95. The molecule has 1 fully saturated rings. The average molecular weight is 200 g/mol. The third-order valence-corrected chi connectivity index (χ3v) is 2.05. The lowest BCUT2D eigenvalue weighted by Gasteiger charge is -2.13. The van der Waals surface area contributed by atoms with E-state index in [2.05, 4.69) is 4.74 Å². The third-order valence-electron chi connectivity index (χ3n) is 2.05. The zero-order chi connectivity index (χ0) is 10.9. The molecule has 0 bridgehead atoms. The summed E-state index contributed by atoms with van der Waals surface area (Å²) in [5, 5.41) is 0. The molecule has 0 N–H and O–H groups in total. The summed E-state index contributed by atoms with van der Waals surface area (Å²) >= 11 is 0. The maximum absolute atomic E-state index is 11.4. The lowest BCUT2D eigenvalue weighted by Crippen LogP contribution is -2.40. The van der Waals surface area contributed by atoms with Crippen molar-refractivity contribution in [1.82, 2.24) is 9.80 Å². The highest BCUT2D eigenvalue weighted by atomic mass is 16.5. The van der Waals surface area contributed by atoms with Gasteiger partial charge in [0.2, 0.25) is 6.04 Å². The van der Waals surface area contributed by atoms with Crippen molar-refractivity contribution in [2.75, 3.05) is 20.7 Å². The van der Waals surface area contributed by atoms with E-state index in [9.17, 15) is 14.4 Å². The first-order valence-corrected chi connectivity index (χ1v) is 4.21. The van der Waals surface area contributed by atoms with Gasteiger partial charge < -0.3 is 9.64 Å². The summed E-state index contributed by atoms with van der Waals surface area (Å²) in [4.78, 5) is 35.9. The molecule has 1 saturated heterocycles. The number of rotatable bonds is 2. The monoisotopic (exact) mass is 200 g/mol. The third kappa shape index (κ3) is 1.43. The molecule has 14 heavy (non-hydrogen) atoms. The molecule has 0 aliphatic carbocycles. The van der Waals surface area contributed by atoms with E-state index in [0.717, 1.165) is 9.80 Å². The number of imide groups is 1. The van der Waals surface area contributed by atoms with Gasteiger partial charge in [-0.1, -0.05) is 0 Å². The van der Waals surface area contributed by atoms with Crippen LogP contribution in [0.4, 0.5) is 4.79 Å². The second-order valence-corrected chi connectivity index (χ2v) is 2.95. The molecule has 0 spiro atoms. The zero-order valence-electron chi connectivity index (χ0n) is 8.31. The van der Waals surface area contributed by atoms with Gasteiger partial charge >= 0.3 is 12.0 Å². The minimum absolute atomic E-state index is 0.189. The number of amides is 3. The Labute approximate surface area is 81.4 Å². The first-order chi connectivity index (χ1) is 6.50. The highest BCUT2D eigenvalue weighted by molar-refractivity contribution is 6.14. The van der Waals surface area contributed by atoms with E-state index in [1.165, 1.54) is 14.1 Å². The van der Waals surface area contributed by atoms with Crippen molar-refractivity contribution < 1.29 is 19.1 Å². The van der Waals surface area contributed by atoms with Crippen molar-refractivity contribution in [3.8, 4) is 0 Å². The van der Waals surface area contributed by atoms with Crippen LogP contribution >= 0.6 is 0 Å². The number of hydrogen-bond acceptors (Lipinski definition) is 4. The summed E-state index contributed by atoms with van der Waals surface area (Å²) in [6.07, 6.45) is 0. The van der Waals surface area contributed by atoms with E-state index in [1.807, 2.05) is 0 Å². The predicted octanol–water partition coefficient (Wildman–Crippen LogP) is -0.558. The molecule has 1 aliphatic heterocycles. The maximum Gasteiger partial charge on any atom is 0.338 e. The first-order valence-electron chi connectivity index (χ1n) is 4.21. The van der Waals surface area contributed by atoms with E-state index < -0.39 is 23.9 Å². The molecule has 0 aromatic carbocycles. The molecule has 3 amide bonds. The van der Waals surface area contributed by atoms with Gasteiger partial charge in [-0.15, -0.1) is 0 Å². The Hall–Kier alpha value is -1.59. The van der Waals surface area contributed by atoms with Gasteiger partial charge in [-0.3, -0.25) is 9.69 Å². The standard InChI is InChI=1S/C8H12N2O4/c1-4-14-7(12)5-6(11)10(3)8(13)9(5)2/h5H,4H2,1-3H3. The molecular weight excluding hydrogens is 188 g/mol. The van der Waals surface area contributed by atoms with Gasteiger partial charge in [0.05, 0.1) is 6.61 Å². The van der Waals surface area contributed by atoms with E-state index in [0.29, 0.717) is 0 Å². The van der Waals surface area contributed by atoms with Crippen LogP contribution in [0.15, 0.2) is 0 Å². The lowest BCUT2D eigenvalue weighted by atomic mass is 10.3. The molecule has 1 atom stereocenters. The minimum atomic E-state index is -1.12. The average Bonchev–Trinajstić information content (AvgIpc) is 2.32. The van der Waals surface area contributed by atoms with Crippen molar-refractivity contribution in [2.24, 2.45) is 0 Å². The van der Waals surface area contributed by atoms with Gasteiger partial charge in [0.15, 0.2) is 0 Å². The fourth-order valence-corrected chi connectivity index (χ4v) is 1.27. The quantitative estimate of drug-likeness (QED) is 0.340. The Kier molecular flexibility index (Phi) is 2.73. The Balaban J connectivity index is 2.84. The molecule has 1 aliphatic rings. The van der Waals surface area contributed by atoms with Crippen LogP contribution in [0.3, 0.4) is 0 Å². The molecule has 6 heteroatoms. The first kappa shape index (κ1) is 10.5. The highest BCUT2D eigenvalue weighted by Gasteiger charge is 2.46. The van der Waals surface area contributed by atoms with Crippen LogP contribution in [0.25, 0.3) is 0 Å². The number of carbonyl (C=O) groups excluding carboxylic acids is 3. The zero-order valence-corrected chi connectivity index (χ0v) is 8.31. The summed E-state index contributed by atoms with van der Waals surface area (Å²) in [6, 6.07) is -1.61. The van der Waals surface area contributed by atoms with Crippen LogP contribution in [-0.2, 0) is 14.3 Å². The fourth-order valence-electron chi connectivity index (χ4n) is 1.27. The molecule has 0 saturated carbocycles. The van der Waals surface area contributed by atoms with Gasteiger partial charge in [-0.2, -0.15) is 0 Å². The van der Waals surface area contributed by atoms with Gasteiger partial charge in [0.25, 0.3) is 5.91 Å². The van der Waals surface area contributed by atoms with Gasteiger partial charge in [0.1, 0.15) is 0 Å². The number of urea groups is 1. The Bertz CT molecular complexity index is 289. The highest BCUT2D eigenvalue weighted by Crippen LogP contribution is 2.14. The molecule has 6 nitrogen and oxygen atoms in total. The van der Waals surface area contributed by atoms with Crippen molar-refractivity contribution in [3.05, 3.63) is 0 Å². The summed E-state index contributed by atoms with van der Waals surface area (Å²) in [7, 11) is 2.73. The summed E-state index contributed by atoms with van der Waals surface area (Å²) < 4.78 is 4.68. The minimum Gasteiger partial charge on any atom is -0.464 e. The van der Waals surface area contributed by atoms with Crippen LogP contribution in [0.2, 0.25) is 0 Å². The lowest BCUT2D eigenvalue weighted by molar-refractivity contribution is -0.151. The Morgan fingerprint density at radius 1 is 1.43 bits per heavy atom. The molecule has 0 radical (unpaired) electrons. The summed E-state index contributed by atoms with van der Waals surface area (Å²) in [5.74, 6) is -1.23. The largest absolute Gasteiger partial charge is 0.464 e. The van der Waals surface area contributed by atoms with Crippen LogP contribution in [-0.4, -0.2) is 54.5 Å². The number of hydrogen-bond donors (Lipinski definition) is 0. The van der Waals surface area contributed by atoms with Crippen LogP contribution in [0.1, 0.15) is 6.92 Å². The van der Waals surface area contributed by atoms with Crippen molar-refractivity contribution in [2.45, 2.75) is 13.0 Å². The molecule has 1 heterocycles. The van der Waals surface area contributed by atoms with Crippen LogP contribution < -0.4 is 0 Å². The fraction of sp³-hybridized carbons (Fsp3) is 0.625. The molecule has 78 valence electrons. The van der Waals surface area contributed by atoms with Crippen molar-refractivity contribution in [3.63, 3.8) is 0 Å². The maximum atomic E-state index is 11.4. The summed E-state index contributed by atoms with van der Waals surface area (Å²) in [5.41, 5.74) is 0. The van der Waals surface area contributed by atoms with Gasteiger partial charge in [0, 0.05) is 14.1 Å². The van der Waals surface area contributed by atoms with E-state index in [4.69, 9.17) is 0 Å². The van der Waals surface area contributed by atoms with Crippen molar-refractivity contribution in [1.29, 1.82) is 0 Å². The topological polar surface area (TPSA) is 66.9 Å². The molecule has 1 rings (SSSR count). The van der Waals surface area contributed by atoms with E-state index in [1.54, 1.807) is 6.92 Å². The Morgan fingerprint density at radius 3 is 2.36 bits per heavy atom. The van der Waals surface area contributed by atoms with E-state index in [-0.39, 0.29) is 6.61 Å². The number of esters is 1. The second kappa shape index (κ2) is 3.65. The normalized spacial score (nSPS) is 21.8. The number of likely N-dealkylation sites (N-methyl/N-ethyl adjacent to an activating group) is 2. The molecule has 0 aromatic rings. The smallest absolute Gasteiger partial charge is 0.338 e. The predicted molar refractivity (Wildman–Crippen MR) is 46.4 cm³/mol. The molecular formula is C8H12N2O4. The van der Waals surface area contributed by atoms with E-state index >= 15 is 0 Å². The summed E-state index contributed by atoms with van der Waals surface area (Å²) in [6.45, 7) is 1.83. The van der Waals surface area contributed by atoms with Gasteiger partial charge in [-0.25, -0.2) is 9.59 Å².